The zero-order chi connectivity index (χ0) is 21.3. The number of carbonyl (C=O) groups is 2. The molecule has 2 heterocycles. The highest BCUT2D eigenvalue weighted by Gasteiger charge is 2.27. The zero-order valence-electron chi connectivity index (χ0n) is 16.8. The van der Waals surface area contributed by atoms with Crippen LogP contribution in [-0.2, 0) is 17.6 Å². The number of hydrogen-bond acceptors (Lipinski definition) is 6. The third-order valence-corrected chi connectivity index (χ3v) is 7.13. The molecule has 0 spiro atoms. The average molecular weight is 439 g/mol. The lowest BCUT2D eigenvalue weighted by Gasteiger charge is -2.12. The molecule has 0 aliphatic heterocycles. The van der Waals surface area contributed by atoms with Crippen molar-refractivity contribution >= 4 is 39.9 Å². The Hall–Kier alpha value is -2.71. The minimum absolute atomic E-state index is 0.200. The molecule has 3 N–H and O–H groups in total. The first-order chi connectivity index (χ1) is 14.4. The van der Waals surface area contributed by atoms with E-state index in [0.717, 1.165) is 46.7 Å². The number of fused-ring (bicyclic) bond motifs is 1. The van der Waals surface area contributed by atoms with E-state index in [9.17, 15) is 9.59 Å². The van der Waals surface area contributed by atoms with Gasteiger partial charge in [0.2, 0.25) is 5.91 Å². The number of thiophene rings is 1. The van der Waals surface area contributed by atoms with Gasteiger partial charge in [-0.25, -0.2) is 9.97 Å². The first-order valence-electron chi connectivity index (χ1n) is 9.75. The number of hydrogen-bond donors (Lipinski definition) is 2. The van der Waals surface area contributed by atoms with Gasteiger partial charge >= 0.3 is 0 Å². The smallest absolute Gasteiger partial charge is 0.251 e. The van der Waals surface area contributed by atoms with Crippen LogP contribution >= 0.6 is 23.1 Å². The van der Waals surface area contributed by atoms with Crippen LogP contribution in [0.25, 0.3) is 11.3 Å². The molecule has 0 bridgehead atoms. The van der Waals surface area contributed by atoms with Gasteiger partial charge in [0.05, 0.1) is 16.5 Å². The number of aryl methyl sites for hydroxylation is 2. The monoisotopic (exact) mass is 438 g/mol. The maximum Gasteiger partial charge on any atom is 0.251 e. The molecule has 4 rings (SSSR count). The van der Waals surface area contributed by atoms with E-state index in [-0.39, 0.29) is 5.91 Å². The molecule has 30 heavy (non-hydrogen) atoms. The summed E-state index contributed by atoms with van der Waals surface area (Å²) >= 11 is 2.75. The Balaban J connectivity index is 1.51. The Morgan fingerprint density at radius 3 is 2.70 bits per heavy atom. The highest BCUT2D eigenvalue weighted by Crippen LogP contribution is 2.39. The van der Waals surface area contributed by atoms with E-state index in [4.69, 9.17) is 5.73 Å². The van der Waals surface area contributed by atoms with Gasteiger partial charge in [-0.2, -0.15) is 0 Å². The minimum atomic E-state index is -0.487. The van der Waals surface area contributed by atoms with E-state index in [1.54, 1.807) is 6.92 Å². The fourth-order valence-corrected chi connectivity index (χ4v) is 5.66. The van der Waals surface area contributed by atoms with Gasteiger partial charge in [-0.3, -0.25) is 9.59 Å². The first-order valence-corrected chi connectivity index (χ1v) is 11.4. The van der Waals surface area contributed by atoms with Gasteiger partial charge in [-0.15, -0.1) is 11.3 Å². The lowest BCUT2D eigenvalue weighted by atomic mass is 10.1. The van der Waals surface area contributed by atoms with Crippen LogP contribution in [0.3, 0.4) is 0 Å². The van der Waals surface area contributed by atoms with Crippen LogP contribution in [0.2, 0.25) is 0 Å². The SMILES string of the molecule is Cc1cc(-c2ccccc2)nc(S[C@@H](C)C(=O)Nc2sc3c(c2C(N)=O)CCC3)n1. The van der Waals surface area contributed by atoms with Crippen molar-refractivity contribution < 1.29 is 9.59 Å². The second-order valence-electron chi connectivity index (χ2n) is 7.22. The number of thioether (sulfide) groups is 1. The van der Waals surface area contributed by atoms with Crippen LogP contribution in [0.5, 0.6) is 0 Å². The van der Waals surface area contributed by atoms with Crippen LogP contribution in [-0.4, -0.2) is 27.0 Å². The Morgan fingerprint density at radius 1 is 1.20 bits per heavy atom. The van der Waals surface area contributed by atoms with Crippen LogP contribution in [0.1, 0.15) is 39.8 Å². The van der Waals surface area contributed by atoms with Crippen LogP contribution in [0.4, 0.5) is 5.00 Å². The van der Waals surface area contributed by atoms with E-state index >= 15 is 0 Å². The summed E-state index contributed by atoms with van der Waals surface area (Å²) in [7, 11) is 0. The third-order valence-electron chi connectivity index (χ3n) is 4.96. The lowest BCUT2D eigenvalue weighted by Crippen LogP contribution is -2.24. The minimum Gasteiger partial charge on any atom is -0.365 e. The molecule has 0 radical (unpaired) electrons. The van der Waals surface area contributed by atoms with Gasteiger partial charge in [-0.1, -0.05) is 42.1 Å². The summed E-state index contributed by atoms with van der Waals surface area (Å²) in [5, 5.41) is 3.56. The van der Waals surface area contributed by atoms with Crippen molar-refractivity contribution in [3.63, 3.8) is 0 Å². The maximum absolute atomic E-state index is 12.8. The molecule has 0 fully saturated rings. The molecule has 1 aliphatic carbocycles. The van der Waals surface area contributed by atoms with Gasteiger partial charge < -0.3 is 11.1 Å². The molecule has 1 aromatic carbocycles. The Kier molecular flexibility index (Phi) is 5.87. The fraction of sp³-hybridized carbons (Fsp3) is 0.273. The second-order valence-corrected chi connectivity index (χ2v) is 9.63. The number of nitrogens with two attached hydrogens (primary N) is 1. The van der Waals surface area contributed by atoms with Gasteiger partial charge in [0.25, 0.3) is 5.91 Å². The molecule has 1 aliphatic rings. The number of nitrogens with zero attached hydrogens (tertiary/aromatic N) is 2. The first kappa shape index (κ1) is 20.6. The third kappa shape index (κ3) is 4.24. The maximum atomic E-state index is 12.8. The molecule has 0 saturated heterocycles. The zero-order valence-corrected chi connectivity index (χ0v) is 18.4. The molecule has 0 saturated carbocycles. The van der Waals surface area contributed by atoms with E-state index in [0.29, 0.717) is 15.7 Å². The Bertz CT molecular complexity index is 1110. The molecule has 0 unspecified atom stereocenters. The predicted molar refractivity (Wildman–Crippen MR) is 121 cm³/mol. The number of primary amides is 1. The van der Waals surface area contributed by atoms with Crippen LogP contribution in [0.15, 0.2) is 41.6 Å². The number of amides is 2. The summed E-state index contributed by atoms with van der Waals surface area (Å²) in [5.74, 6) is -0.687. The molecular weight excluding hydrogens is 416 g/mol. The molecule has 8 heteroatoms. The van der Waals surface area contributed by atoms with E-state index < -0.39 is 11.2 Å². The highest BCUT2D eigenvalue weighted by molar-refractivity contribution is 8.00. The summed E-state index contributed by atoms with van der Waals surface area (Å²) in [5.41, 5.74) is 9.72. The molecule has 154 valence electrons. The molecule has 3 aromatic rings. The van der Waals surface area contributed by atoms with Crippen LogP contribution < -0.4 is 11.1 Å². The number of benzene rings is 1. The van der Waals surface area contributed by atoms with Crippen molar-refractivity contribution in [1.29, 1.82) is 0 Å². The second kappa shape index (κ2) is 8.57. The summed E-state index contributed by atoms with van der Waals surface area (Å²) in [4.78, 5) is 35.0. The van der Waals surface area contributed by atoms with Gasteiger partial charge in [0, 0.05) is 16.1 Å². The number of anilines is 1. The number of nitrogens with one attached hydrogen (secondary N) is 1. The van der Waals surface area contributed by atoms with Crippen molar-refractivity contribution in [3.05, 3.63) is 58.1 Å². The largest absolute Gasteiger partial charge is 0.365 e. The van der Waals surface area contributed by atoms with E-state index in [1.807, 2.05) is 43.3 Å². The molecular formula is C22H22N4O2S2. The molecule has 2 aromatic heterocycles. The summed E-state index contributed by atoms with van der Waals surface area (Å²) < 4.78 is 0. The number of carbonyl (C=O) groups excluding carboxylic acids is 2. The Morgan fingerprint density at radius 2 is 1.97 bits per heavy atom. The number of rotatable bonds is 6. The summed E-state index contributed by atoms with van der Waals surface area (Å²) in [6.45, 7) is 3.72. The Labute approximate surface area is 183 Å². The predicted octanol–water partition coefficient (Wildman–Crippen LogP) is 4.22. The van der Waals surface area contributed by atoms with Crippen molar-refractivity contribution in [1.82, 2.24) is 9.97 Å². The summed E-state index contributed by atoms with van der Waals surface area (Å²) in [6, 6.07) is 11.8. The number of aromatic nitrogens is 2. The summed E-state index contributed by atoms with van der Waals surface area (Å²) in [6.07, 6.45) is 2.79. The van der Waals surface area contributed by atoms with Crippen molar-refractivity contribution in [2.24, 2.45) is 5.73 Å². The molecule has 1 atom stereocenters. The average Bonchev–Trinajstić information content (AvgIpc) is 3.28. The molecule has 6 nitrogen and oxygen atoms in total. The van der Waals surface area contributed by atoms with E-state index in [1.165, 1.54) is 23.1 Å². The highest BCUT2D eigenvalue weighted by atomic mass is 32.2. The standard InChI is InChI=1S/C22H22N4O2S2/c1-12-11-16(14-7-4-3-5-8-14)25-22(24-12)29-13(2)20(28)26-21-18(19(23)27)15-9-6-10-17(15)30-21/h3-5,7-8,11,13H,6,9-10H2,1-2H3,(H2,23,27)(H,26,28)/t13-/m0/s1. The van der Waals surface area contributed by atoms with Gasteiger partial charge in [-0.05, 0) is 44.7 Å². The lowest BCUT2D eigenvalue weighted by molar-refractivity contribution is -0.115. The normalized spacial score (nSPS) is 13.7. The van der Waals surface area contributed by atoms with Gasteiger partial charge in [0.15, 0.2) is 5.16 Å². The topological polar surface area (TPSA) is 98.0 Å². The van der Waals surface area contributed by atoms with Crippen molar-refractivity contribution in [3.8, 4) is 11.3 Å². The van der Waals surface area contributed by atoms with E-state index in [2.05, 4.69) is 15.3 Å². The fourth-order valence-electron chi connectivity index (χ4n) is 3.53. The van der Waals surface area contributed by atoms with Crippen molar-refractivity contribution in [2.45, 2.75) is 43.5 Å². The van der Waals surface area contributed by atoms with Gasteiger partial charge in [0.1, 0.15) is 5.00 Å². The quantitative estimate of drug-likeness (QED) is 0.443. The van der Waals surface area contributed by atoms with Crippen molar-refractivity contribution in [2.75, 3.05) is 5.32 Å². The van der Waals surface area contributed by atoms with Crippen LogP contribution in [0, 0.1) is 6.92 Å². The molecule has 2 amide bonds.